The Hall–Kier alpha value is -0.710. The zero-order valence-corrected chi connectivity index (χ0v) is 9.48. The van der Waals surface area contributed by atoms with Gasteiger partial charge in [-0.3, -0.25) is 5.10 Å². The predicted octanol–water partition coefficient (Wildman–Crippen LogP) is 1.74. The molecule has 0 aromatic carbocycles. The summed E-state index contributed by atoms with van der Waals surface area (Å²) in [6.45, 7) is 4.00. The highest BCUT2D eigenvalue weighted by molar-refractivity contribution is 7.46. The molecule has 0 amide bonds. The van der Waals surface area contributed by atoms with Crippen molar-refractivity contribution in [3.63, 3.8) is 0 Å². The van der Waals surface area contributed by atoms with Crippen LogP contribution in [-0.4, -0.2) is 20.0 Å². The van der Waals surface area contributed by atoms with E-state index in [0.717, 1.165) is 0 Å². The van der Waals surface area contributed by atoms with Crippen molar-refractivity contribution in [2.75, 3.05) is 0 Å². The van der Waals surface area contributed by atoms with Crippen LogP contribution in [0.5, 0.6) is 0 Å². The van der Waals surface area contributed by atoms with Crippen LogP contribution in [0.1, 0.15) is 13.8 Å². The van der Waals surface area contributed by atoms with E-state index in [1.165, 1.54) is 0 Å². The van der Waals surface area contributed by atoms with Crippen molar-refractivity contribution in [3.05, 3.63) is 18.5 Å². The topological polar surface area (TPSA) is 113 Å². The molecule has 0 aliphatic heterocycles. The van der Waals surface area contributed by atoms with Gasteiger partial charge in [0.15, 0.2) is 4.31 Å². The van der Waals surface area contributed by atoms with E-state index in [0.29, 0.717) is 0 Å². The van der Waals surface area contributed by atoms with Gasteiger partial charge in [-0.1, -0.05) is 13.8 Å². The minimum atomic E-state index is -2.92. The molecule has 1 aromatic heterocycles. The van der Waals surface area contributed by atoms with Gasteiger partial charge < -0.3 is 0 Å². The van der Waals surface area contributed by atoms with E-state index in [4.69, 9.17) is 9.79 Å². The zero-order chi connectivity index (χ0) is 11.4. The van der Waals surface area contributed by atoms with Crippen LogP contribution in [0, 0.1) is 0 Å². The van der Waals surface area contributed by atoms with E-state index in [1.807, 2.05) is 19.9 Å². The second-order valence-corrected chi connectivity index (χ2v) is 2.93. The van der Waals surface area contributed by atoms with Crippen molar-refractivity contribution in [2.45, 2.75) is 13.8 Å². The predicted molar refractivity (Wildman–Crippen MR) is 50.7 cm³/mol. The highest BCUT2D eigenvalue weighted by atomic mass is 31.2. The Balaban J connectivity index is 0. The first-order chi connectivity index (χ1) is 6.63. The first kappa shape index (κ1) is 15.7. The van der Waals surface area contributed by atoms with Crippen molar-refractivity contribution < 1.29 is 23.2 Å². The molecular weight excluding hydrogens is 230 g/mol. The fourth-order valence-corrected chi connectivity index (χ4v) is 0.753. The van der Waals surface area contributed by atoms with Gasteiger partial charge in [0.25, 0.3) is 0 Å². The number of H-pyrrole nitrogens is 1. The number of aromatic amines is 1. The molecule has 1 aromatic rings. The number of rotatable bonds is 2. The van der Waals surface area contributed by atoms with Gasteiger partial charge in [-0.05, 0) is 6.07 Å². The van der Waals surface area contributed by atoms with Crippen LogP contribution in [0.4, 0.5) is 0 Å². The smallest absolute Gasteiger partial charge is 0.286 e. The summed E-state index contributed by atoms with van der Waals surface area (Å²) in [5.41, 5.74) is 0. The van der Waals surface area contributed by atoms with Crippen LogP contribution in [0.2, 0.25) is 0 Å². The highest BCUT2D eigenvalue weighted by Crippen LogP contribution is 2.30. The Morgan fingerprint density at radius 3 is 1.86 bits per heavy atom. The fourth-order valence-electron chi connectivity index (χ4n) is 0.275. The molecule has 0 bridgehead atoms. The van der Waals surface area contributed by atoms with E-state index in [9.17, 15) is 9.13 Å². The van der Waals surface area contributed by atoms with Gasteiger partial charge >= 0.3 is 16.5 Å². The second kappa shape index (κ2) is 12.3. The highest BCUT2D eigenvalue weighted by Gasteiger charge is 2.31. The number of nitrogens with zero attached hydrogens (tertiary/aromatic N) is 1. The minimum Gasteiger partial charge on any atom is -0.286 e. The molecule has 7 nitrogen and oxygen atoms in total. The van der Waals surface area contributed by atoms with E-state index < -0.39 is 16.5 Å². The van der Waals surface area contributed by atoms with Crippen molar-refractivity contribution >= 4 is 16.5 Å². The number of aromatic nitrogens is 2. The third-order valence-electron chi connectivity index (χ3n) is 0.546. The SMILES string of the molecule is CC.O=[P+](O)O[P+](=O)O.c1cn[nH]c1. The van der Waals surface area contributed by atoms with Crippen LogP contribution in [0.25, 0.3) is 0 Å². The summed E-state index contributed by atoms with van der Waals surface area (Å²) in [6, 6.07) is 1.83. The lowest BCUT2D eigenvalue weighted by molar-refractivity contribution is 0.371. The average molecular weight is 242 g/mol. The molecule has 1 rings (SSSR count). The Labute approximate surface area is 83.0 Å². The number of hydrogen-bond acceptors (Lipinski definition) is 4. The molecular formula is C5H12N2O5P2+2. The summed E-state index contributed by atoms with van der Waals surface area (Å²) >= 11 is 0. The monoisotopic (exact) mass is 242 g/mol. The van der Waals surface area contributed by atoms with E-state index in [1.54, 1.807) is 12.4 Å². The third-order valence-corrected chi connectivity index (χ3v) is 1.66. The standard InChI is InChI=1S/C3H4N2.C2H6.O5P2/c1-2-4-5-3-1;1-2;1-6(2)5-7(3)4/h1-3H,(H,4,5);1-2H3;/p+2. The second-order valence-electron chi connectivity index (χ2n) is 1.32. The Bertz CT molecular complexity index is 211. The molecule has 0 aliphatic rings. The summed E-state index contributed by atoms with van der Waals surface area (Å²) in [5, 5.41) is 6.21. The molecule has 0 radical (unpaired) electrons. The van der Waals surface area contributed by atoms with Gasteiger partial charge in [-0.2, -0.15) is 5.10 Å². The summed E-state index contributed by atoms with van der Waals surface area (Å²) in [5.74, 6) is 0. The van der Waals surface area contributed by atoms with Crippen LogP contribution >= 0.6 is 16.5 Å². The Kier molecular flexibility index (Phi) is 13.8. The minimum absolute atomic E-state index is 1.69. The lowest BCUT2D eigenvalue weighted by atomic mass is 10.8. The summed E-state index contributed by atoms with van der Waals surface area (Å²) < 4.78 is 22.2. The van der Waals surface area contributed by atoms with Crippen molar-refractivity contribution in [3.8, 4) is 0 Å². The quantitative estimate of drug-likeness (QED) is 0.680. The summed E-state index contributed by atoms with van der Waals surface area (Å²) in [6.07, 6.45) is 3.46. The summed E-state index contributed by atoms with van der Waals surface area (Å²) in [4.78, 5) is 15.3. The first-order valence-corrected chi connectivity index (χ1v) is 5.83. The number of nitrogens with one attached hydrogen (secondary N) is 1. The molecule has 9 heteroatoms. The molecule has 2 unspecified atom stereocenters. The molecule has 80 valence electrons. The van der Waals surface area contributed by atoms with Crippen molar-refractivity contribution in [2.24, 2.45) is 0 Å². The maximum absolute atomic E-state index is 9.39. The summed E-state index contributed by atoms with van der Waals surface area (Å²) in [7, 11) is -5.85. The molecule has 0 saturated carbocycles. The van der Waals surface area contributed by atoms with Gasteiger partial charge in [0, 0.05) is 21.5 Å². The molecule has 14 heavy (non-hydrogen) atoms. The van der Waals surface area contributed by atoms with Crippen molar-refractivity contribution in [1.82, 2.24) is 10.2 Å². The molecule has 3 N–H and O–H groups in total. The van der Waals surface area contributed by atoms with Gasteiger partial charge in [-0.25, -0.2) is 0 Å². The molecule has 0 fully saturated rings. The lowest BCUT2D eigenvalue weighted by Crippen LogP contribution is -1.58. The largest absolute Gasteiger partial charge is 0.745 e. The van der Waals surface area contributed by atoms with Crippen LogP contribution in [0.3, 0.4) is 0 Å². The Morgan fingerprint density at radius 1 is 1.29 bits per heavy atom. The first-order valence-electron chi connectivity index (χ1n) is 3.57. The van der Waals surface area contributed by atoms with Crippen LogP contribution in [0.15, 0.2) is 18.5 Å². The van der Waals surface area contributed by atoms with Gasteiger partial charge in [0.05, 0.1) is 0 Å². The van der Waals surface area contributed by atoms with Crippen LogP contribution < -0.4 is 0 Å². The molecule has 2 atom stereocenters. The maximum atomic E-state index is 9.39. The molecule has 0 saturated heterocycles. The van der Waals surface area contributed by atoms with E-state index in [-0.39, 0.29) is 0 Å². The van der Waals surface area contributed by atoms with Gasteiger partial charge in [0.1, 0.15) is 0 Å². The van der Waals surface area contributed by atoms with E-state index >= 15 is 0 Å². The average Bonchev–Trinajstić information content (AvgIpc) is 2.61. The zero-order valence-electron chi connectivity index (χ0n) is 7.69. The third kappa shape index (κ3) is 17.4. The fraction of sp³-hybridized carbons (Fsp3) is 0.400. The molecule has 1 heterocycles. The Morgan fingerprint density at radius 2 is 1.79 bits per heavy atom. The van der Waals surface area contributed by atoms with Gasteiger partial charge in [0.2, 0.25) is 0 Å². The van der Waals surface area contributed by atoms with E-state index in [2.05, 4.69) is 14.5 Å². The lowest BCUT2D eigenvalue weighted by Gasteiger charge is -1.50. The molecule has 0 aliphatic carbocycles. The number of hydrogen-bond donors (Lipinski definition) is 3. The molecule has 0 spiro atoms. The van der Waals surface area contributed by atoms with Gasteiger partial charge in [-0.15, -0.1) is 9.79 Å². The maximum Gasteiger partial charge on any atom is 0.745 e. The van der Waals surface area contributed by atoms with Crippen LogP contribution in [-0.2, 0) is 13.4 Å². The normalized spacial score (nSPS) is 10.0. The van der Waals surface area contributed by atoms with Crippen molar-refractivity contribution in [1.29, 1.82) is 0 Å².